The fourth-order valence-electron chi connectivity index (χ4n) is 2.43. The van der Waals surface area contributed by atoms with Crippen LogP contribution in [0.25, 0.3) is 0 Å². The van der Waals surface area contributed by atoms with Crippen molar-refractivity contribution in [2.75, 3.05) is 0 Å². The zero-order valence-corrected chi connectivity index (χ0v) is 8.68. The van der Waals surface area contributed by atoms with Gasteiger partial charge in [-0.1, -0.05) is 20.8 Å². The fraction of sp³-hybridized carbons (Fsp3) is 1.00. The second kappa shape index (κ2) is 2.25. The van der Waals surface area contributed by atoms with E-state index < -0.39 is 0 Å². The lowest BCUT2D eigenvalue weighted by atomic mass is 9.70. The van der Waals surface area contributed by atoms with Crippen molar-refractivity contribution in [2.45, 2.75) is 58.7 Å². The lowest BCUT2D eigenvalue weighted by Crippen LogP contribution is -2.29. The van der Waals surface area contributed by atoms with E-state index >= 15 is 0 Å². The first-order chi connectivity index (χ1) is 5.42. The zero-order valence-electron chi connectivity index (χ0n) is 8.68. The van der Waals surface area contributed by atoms with E-state index in [1.807, 2.05) is 0 Å². The Bertz CT molecular complexity index is 192. The molecule has 1 nitrogen and oxygen atoms in total. The average Bonchev–Trinajstić information content (AvgIpc) is 2.56. The lowest BCUT2D eigenvalue weighted by Gasteiger charge is -2.33. The van der Waals surface area contributed by atoms with Gasteiger partial charge in [-0.15, -0.1) is 0 Å². The topological polar surface area (TPSA) is 12.5 Å². The molecule has 0 bridgehead atoms. The minimum Gasteiger partial charge on any atom is -0.366 e. The van der Waals surface area contributed by atoms with Gasteiger partial charge in [0.15, 0.2) is 0 Å². The van der Waals surface area contributed by atoms with Gasteiger partial charge in [-0.05, 0) is 37.5 Å². The number of rotatable bonds is 0. The minimum atomic E-state index is 0.293. The van der Waals surface area contributed by atoms with E-state index in [2.05, 4.69) is 27.7 Å². The van der Waals surface area contributed by atoms with Crippen molar-refractivity contribution in [3.63, 3.8) is 0 Å². The Hall–Kier alpha value is -0.0400. The highest BCUT2D eigenvalue weighted by Gasteiger charge is 2.56. The monoisotopic (exact) mass is 168 g/mol. The first-order valence-corrected chi connectivity index (χ1v) is 5.10. The maximum absolute atomic E-state index is 5.69. The molecule has 70 valence electrons. The Labute approximate surface area is 75.5 Å². The highest BCUT2D eigenvalue weighted by atomic mass is 16.6. The highest BCUT2D eigenvalue weighted by molar-refractivity contribution is 5.04. The van der Waals surface area contributed by atoms with Gasteiger partial charge in [0.1, 0.15) is 0 Å². The predicted molar refractivity (Wildman–Crippen MR) is 50.1 cm³/mol. The van der Waals surface area contributed by atoms with Gasteiger partial charge in [-0.2, -0.15) is 0 Å². The molecule has 1 saturated heterocycles. The molecule has 0 amide bonds. The minimum absolute atomic E-state index is 0.293. The Kier molecular flexibility index (Phi) is 1.61. The van der Waals surface area contributed by atoms with Crippen LogP contribution >= 0.6 is 0 Å². The molecule has 1 aliphatic carbocycles. The number of hydrogen-bond acceptors (Lipinski definition) is 1. The molecule has 3 atom stereocenters. The van der Waals surface area contributed by atoms with Gasteiger partial charge in [0.05, 0.1) is 11.7 Å². The summed E-state index contributed by atoms with van der Waals surface area (Å²) in [5.41, 5.74) is 0.773. The van der Waals surface area contributed by atoms with E-state index in [9.17, 15) is 0 Å². The molecule has 0 aromatic heterocycles. The molecule has 1 heterocycles. The molecule has 1 heteroatoms. The lowest BCUT2D eigenvalue weighted by molar-refractivity contribution is 0.182. The van der Waals surface area contributed by atoms with Crippen LogP contribution in [0.2, 0.25) is 0 Å². The van der Waals surface area contributed by atoms with Crippen LogP contribution in [0.5, 0.6) is 0 Å². The van der Waals surface area contributed by atoms with Gasteiger partial charge in [-0.25, -0.2) is 0 Å². The first-order valence-electron chi connectivity index (χ1n) is 5.10. The summed E-state index contributed by atoms with van der Waals surface area (Å²) in [4.78, 5) is 0. The average molecular weight is 168 g/mol. The van der Waals surface area contributed by atoms with E-state index in [0.29, 0.717) is 17.1 Å². The van der Waals surface area contributed by atoms with Gasteiger partial charge in [0.2, 0.25) is 0 Å². The summed E-state index contributed by atoms with van der Waals surface area (Å²) in [7, 11) is 0. The number of hydrogen-bond donors (Lipinski definition) is 0. The third-order valence-corrected chi connectivity index (χ3v) is 3.75. The summed E-state index contributed by atoms with van der Waals surface area (Å²) in [5.74, 6) is 0.873. The second-order valence-electron chi connectivity index (χ2n) is 5.76. The SMILES string of the molecule is CC(C)(C)[C@@H]1CCC2(C)O[C@H]2C1. The van der Waals surface area contributed by atoms with Crippen LogP contribution in [0.3, 0.4) is 0 Å². The molecule has 2 rings (SSSR count). The van der Waals surface area contributed by atoms with Crippen molar-refractivity contribution in [2.24, 2.45) is 11.3 Å². The number of fused-ring (bicyclic) bond motifs is 1. The van der Waals surface area contributed by atoms with Crippen molar-refractivity contribution < 1.29 is 4.74 Å². The van der Waals surface area contributed by atoms with E-state index in [0.717, 1.165) is 5.92 Å². The van der Waals surface area contributed by atoms with Gasteiger partial charge in [0.25, 0.3) is 0 Å². The summed E-state index contributed by atoms with van der Waals surface area (Å²) in [6.45, 7) is 9.31. The van der Waals surface area contributed by atoms with E-state index in [1.165, 1.54) is 19.3 Å². The van der Waals surface area contributed by atoms with Crippen molar-refractivity contribution in [3.8, 4) is 0 Å². The van der Waals surface area contributed by atoms with Crippen molar-refractivity contribution in [1.82, 2.24) is 0 Å². The van der Waals surface area contributed by atoms with Crippen LogP contribution in [0, 0.1) is 11.3 Å². The maximum Gasteiger partial charge on any atom is 0.0920 e. The van der Waals surface area contributed by atoms with Gasteiger partial charge in [-0.3, -0.25) is 0 Å². The van der Waals surface area contributed by atoms with E-state index in [1.54, 1.807) is 0 Å². The van der Waals surface area contributed by atoms with E-state index in [-0.39, 0.29) is 0 Å². The Morgan fingerprint density at radius 1 is 1.33 bits per heavy atom. The van der Waals surface area contributed by atoms with Crippen LogP contribution in [0.4, 0.5) is 0 Å². The molecular formula is C11H20O. The van der Waals surface area contributed by atoms with Crippen molar-refractivity contribution >= 4 is 0 Å². The smallest absolute Gasteiger partial charge is 0.0920 e. The molecule has 2 fully saturated rings. The largest absolute Gasteiger partial charge is 0.366 e. The Morgan fingerprint density at radius 2 is 2.00 bits per heavy atom. The second-order valence-corrected chi connectivity index (χ2v) is 5.76. The van der Waals surface area contributed by atoms with Crippen LogP contribution in [0.15, 0.2) is 0 Å². The number of epoxide rings is 1. The fourth-order valence-corrected chi connectivity index (χ4v) is 2.43. The van der Waals surface area contributed by atoms with Crippen LogP contribution in [0.1, 0.15) is 47.0 Å². The molecule has 1 saturated carbocycles. The quantitative estimate of drug-likeness (QED) is 0.507. The first kappa shape index (κ1) is 8.55. The normalized spacial score (nSPS) is 47.0. The van der Waals surface area contributed by atoms with E-state index in [4.69, 9.17) is 4.74 Å². The summed E-state index contributed by atoms with van der Waals surface area (Å²) < 4.78 is 5.69. The Balaban J connectivity index is 1.98. The molecule has 0 spiro atoms. The summed E-state index contributed by atoms with van der Waals surface area (Å²) in [6.07, 6.45) is 4.52. The van der Waals surface area contributed by atoms with Crippen molar-refractivity contribution in [1.29, 1.82) is 0 Å². The van der Waals surface area contributed by atoms with Crippen LogP contribution in [-0.2, 0) is 4.74 Å². The molecule has 0 aromatic rings. The zero-order chi connectivity index (χ0) is 8.98. The highest BCUT2D eigenvalue weighted by Crippen LogP contribution is 2.52. The van der Waals surface area contributed by atoms with Crippen molar-refractivity contribution in [3.05, 3.63) is 0 Å². The molecule has 0 N–H and O–H groups in total. The Morgan fingerprint density at radius 3 is 2.50 bits per heavy atom. The van der Waals surface area contributed by atoms with Gasteiger partial charge < -0.3 is 4.74 Å². The summed E-state index contributed by atoms with van der Waals surface area (Å²) in [5, 5.41) is 0. The third kappa shape index (κ3) is 1.28. The molecular weight excluding hydrogens is 148 g/mol. The standard InChI is InChI=1S/C11H20O/c1-10(2,3)8-5-6-11(4)9(7-8)12-11/h8-9H,5-7H2,1-4H3/t8-,9+,11?/m1/s1. The van der Waals surface area contributed by atoms with Gasteiger partial charge >= 0.3 is 0 Å². The van der Waals surface area contributed by atoms with Crippen LogP contribution < -0.4 is 0 Å². The third-order valence-electron chi connectivity index (χ3n) is 3.75. The molecule has 1 unspecified atom stereocenters. The molecule has 1 aliphatic heterocycles. The number of ether oxygens (including phenoxy) is 1. The van der Waals surface area contributed by atoms with Crippen LogP contribution in [-0.4, -0.2) is 11.7 Å². The molecule has 0 radical (unpaired) electrons. The molecule has 0 aromatic carbocycles. The summed E-state index contributed by atoms with van der Waals surface area (Å²) in [6, 6.07) is 0. The predicted octanol–water partition coefficient (Wildman–Crippen LogP) is 2.99. The molecule has 12 heavy (non-hydrogen) atoms. The van der Waals surface area contributed by atoms with Gasteiger partial charge in [0, 0.05) is 0 Å². The summed E-state index contributed by atoms with van der Waals surface area (Å²) >= 11 is 0. The maximum atomic E-state index is 5.69. The molecule has 2 aliphatic rings.